The topological polar surface area (TPSA) is 65.0 Å². The van der Waals surface area contributed by atoms with Crippen LogP contribution in [0.15, 0.2) is 36.4 Å². The van der Waals surface area contributed by atoms with E-state index in [0.29, 0.717) is 29.9 Å². The lowest BCUT2D eigenvalue weighted by molar-refractivity contribution is -0.376. The monoisotopic (exact) mass is 480 g/mol. The predicted octanol–water partition coefficient (Wildman–Crippen LogP) is 5.25. The molecule has 0 amide bonds. The fourth-order valence-corrected chi connectivity index (χ4v) is 3.10. The largest absolute Gasteiger partial charge is 0.493 e. The molecule has 0 aliphatic rings. The van der Waals surface area contributed by atoms with Crippen LogP contribution in [0.3, 0.4) is 0 Å². The van der Waals surface area contributed by atoms with Crippen molar-refractivity contribution in [3.8, 4) is 11.5 Å². The summed E-state index contributed by atoms with van der Waals surface area (Å²) in [5, 5.41) is 9.58. The molecule has 0 aliphatic carbocycles. The van der Waals surface area contributed by atoms with Gasteiger partial charge in [-0.15, -0.1) is 0 Å². The molecular weight excluding hydrogens is 458 g/mol. The summed E-state index contributed by atoms with van der Waals surface area (Å²) in [4.78, 5) is 11.4. The molecule has 2 aromatic carbocycles. The van der Waals surface area contributed by atoms with Crippen LogP contribution in [0.25, 0.3) is 0 Å². The second-order valence-electron chi connectivity index (χ2n) is 7.21. The van der Waals surface area contributed by atoms with E-state index in [0.717, 1.165) is 0 Å². The van der Waals surface area contributed by atoms with Crippen molar-refractivity contribution in [2.24, 2.45) is 0 Å². The zero-order valence-corrected chi connectivity index (χ0v) is 17.9. The maximum atomic E-state index is 13.1. The van der Waals surface area contributed by atoms with Crippen molar-refractivity contribution >= 4 is 5.97 Å². The standard InChI is InChI=1S/C22H22F6O5/c1-13-11-16(20(30,21(23,24)25)22(26,27)28)12-14(2)18(13)33-10-4-9-32-17-7-5-15(6-8-17)19(29)31-3/h5-8,11-12,30H,4,9-10H2,1-3H3. The number of hydrogen-bond acceptors (Lipinski definition) is 5. The molecule has 0 saturated carbocycles. The van der Waals surface area contributed by atoms with Gasteiger partial charge in [0, 0.05) is 12.0 Å². The molecular formula is C22H22F6O5. The van der Waals surface area contributed by atoms with Gasteiger partial charge >= 0.3 is 18.3 Å². The Labute approximate surface area is 185 Å². The minimum atomic E-state index is -5.96. The predicted molar refractivity (Wildman–Crippen MR) is 105 cm³/mol. The van der Waals surface area contributed by atoms with E-state index in [1.807, 2.05) is 0 Å². The maximum absolute atomic E-state index is 13.1. The van der Waals surface area contributed by atoms with E-state index in [1.54, 1.807) is 12.1 Å². The summed E-state index contributed by atoms with van der Waals surface area (Å²) >= 11 is 0. The summed E-state index contributed by atoms with van der Waals surface area (Å²) in [5.41, 5.74) is -5.95. The Morgan fingerprint density at radius 3 is 1.82 bits per heavy atom. The number of esters is 1. The summed E-state index contributed by atoms with van der Waals surface area (Å²) in [6, 6.07) is 7.42. The third-order valence-corrected chi connectivity index (χ3v) is 4.78. The molecule has 11 heteroatoms. The molecule has 5 nitrogen and oxygen atoms in total. The number of alkyl halides is 6. The number of hydrogen-bond donors (Lipinski definition) is 1. The smallest absolute Gasteiger partial charge is 0.430 e. The molecule has 0 unspecified atom stereocenters. The highest BCUT2D eigenvalue weighted by Gasteiger charge is 2.71. The van der Waals surface area contributed by atoms with Crippen LogP contribution in [0.5, 0.6) is 11.5 Å². The van der Waals surface area contributed by atoms with Crippen LogP contribution in [-0.4, -0.2) is 43.8 Å². The molecule has 0 radical (unpaired) electrons. The van der Waals surface area contributed by atoms with Crippen molar-refractivity contribution in [2.45, 2.75) is 38.2 Å². The molecule has 0 aliphatic heterocycles. The van der Waals surface area contributed by atoms with E-state index in [9.17, 15) is 36.2 Å². The summed E-state index contributed by atoms with van der Waals surface area (Å²) in [7, 11) is 1.26. The summed E-state index contributed by atoms with van der Waals surface area (Å²) < 4.78 is 94.3. The lowest BCUT2D eigenvalue weighted by Gasteiger charge is -2.33. The van der Waals surface area contributed by atoms with Gasteiger partial charge in [0.05, 0.1) is 25.9 Å². The van der Waals surface area contributed by atoms with Crippen molar-refractivity contribution in [2.75, 3.05) is 20.3 Å². The van der Waals surface area contributed by atoms with Gasteiger partial charge in [0.1, 0.15) is 11.5 Å². The Kier molecular flexibility index (Phi) is 7.89. The quantitative estimate of drug-likeness (QED) is 0.318. The number of carbonyl (C=O) groups is 1. The Hall–Kier alpha value is -2.95. The highest BCUT2D eigenvalue weighted by atomic mass is 19.4. The lowest BCUT2D eigenvalue weighted by Crippen LogP contribution is -2.54. The number of ether oxygens (including phenoxy) is 3. The Balaban J connectivity index is 2.02. The van der Waals surface area contributed by atoms with Gasteiger partial charge in [0.25, 0.3) is 5.60 Å². The molecule has 0 heterocycles. The third kappa shape index (κ3) is 5.70. The van der Waals surface area contributed by atoms with Crippen molar-refractivity contribution in [1.82, 2.24) is 0 Å². The second-order valence-corrected chi connectivity index (χ2v) is 7.21. The summed E-state index contributed by atoms with van der Waals surface area (Å²) in [6.45, 7) is 2.86. The Bertz CT molecular complexity index is 930. The number of halogens is 6. The fourth-order valence-electron chi connectivity index (χ4n) is 3.10. The minimum absolute atomic E-state index is 0.0104. The second kappa shape index (κ2) is 9.90. The number of carbonyl (C=O) groups excluding carboxylic acids is 1. The maximum Gasteiger partial charge on any atom is 0.430 e. The normalized spacial score (nSPS) is 12.4. The molecule has 0 spiro atoms. The van der Waals surface area contributed by atoms with E-state index in [-0.39, 0.29) is 30.1 Å². The van der Waals surface area contributed by atoms with E-state index >= 15 is 0 Å². The van der Waals surface area contributed by atoms with E-state index in [4.69, 9.17) is 9.47 Å². The number of aryl methyl sites for hydroxylation is 2. The van der Waals surface area contributed by atoms with Gasteiger partial charge in [-0.2, -0.15) is 26.3 Å². The Morgan fingerprint density at radius 2 is 1.36 bits per heavy atom. The number of methoxy groups -OCH3 is 1. The number of benzene rings is 2. The third-order valence-electron chi connectivity index (χ3n) is 4.78. The van der Waals surface area contributed by atoms with E-state index in [1.165, 1.54) is 33.1 Å². The van der Waals surface area contributed by atoms with Crippen molar-refractivity contribution < 1.29 is 50.5 Å². The molecule has 0 fully saturated rings. The number of aliphatic hydroxyl groups is 1. The fraction of sp³-hybridized carbons (Fsp3) is 0.409. The zero-order chi connectivity index (χ0) is 25.0. The van der Waals surface area contributed by atoms with Gasteiger partial charge < -0.3 is 19.3 Å². The van der Waals surface area contributed by atoms with Crippen LogP contribution < -0.4 is 9.47 Å². The average molecular weight is 480 g/mol. The Morgan fingerprint density at radius 1 is 0.879 bits per heavy atom. The van der Waals surface area contributed by atoms with Crippen LogP contribution >= 0.6 is 0 Å². The van der Waals surface area contributed by atoms with Crippen LogP contribution in [-0.2, 0) is 10.3 Å². The molecule has 0 atom stereocenters. The highest BCUT2D eigenvalue weighted by molar-refractivity contribution is 5.89. The van der Waals surface area contributed by atoms with E-state index in [2.05, 4.69) is 4.74 Å². The summed E-state index contributed by atoms with van der Waals surface area (Å²) in [6.07, 6.45) is -11.6. The van der Waals surface area contributed by atoms with Crippen LogP contribution in [0, 0.1) is 13.8 Å². The van der Waals surface area contributed by atoms with Crippen LogP contribution in [0.1, 0.15) is 33.5 Å². The first-order valence-corrected chi connectivity index (χ1v) is 9.64. The van der Waals surface area contributed by atoms with Gasteiger partial charge in [0.15, 0.2) is 0 Å². The summed E-state index contributed by atoms with van der Waals surface area (Å²) in [5.74, 6) is 0.112. The first-order valence-electron chi connectivity index (χ1n) is 9.64. The van der Waals surface area contributed by atoms with Crippen molar-refractivity contribution in [1.29, 1.82) is 0 Å². The van der Waals surface area contributed by atoms with Gasteiger partial charge in [-0.05, 0) is 61.4 Å². The first-order chi connectivity index (χ1) is 15.2. The molecule has 2 aromatic rings. The SMILES string of the molecule is COC(=O)c1ccc(OCCCOc2c(C)cc(C(O)(C(F)(F)F)C(F)(F)F)cc2C)cc1. The van der Waals surface area contributed by atoms with Crippen LogP contribution in [0.4, 0.5) is 26.3 Å². The van der Waals surface area contributed by atoms with Crippen molar-refractivity contribution in [3.05, 3.63) is 58.7 Å². The van der Waals surface area contributed by atoms with Crippen molar-refractivity contribution in [3.63, 3.8) is 0 Å². The molecule has 1 N–H and O–H groups in total. The number of rotatable bonds is 8. The molecule has 0 aromatic heterocycles. The molecule has 182 valence electrons. The molecule has 2 rings (SSSR count). The lowest BCUT2D eigenvalue weighted by atomic mass is 9.89. The van der Waals surface area contributed by atoms with Gasteiger partial charge in [-0.1, -0.05) is 0 Å². The highest BCUT2D eigenvalue weighted by Crippen LogP contribution is 2.50. The van der Waals surface area contributed by atoms with Gasteiger partial charge in [-0.3, -0.25) is 0 Å². The van der Waals surface area contributed by atoms with Crippen LogP contribution in [0.2, 0.25) is 0 Å². The van der Waals surface area contributed by atoms with E-state index < -0.39 is 29.5 Å². The molecule has 0 saturated heterocycles. The van der Waals surface area contributed by atoms with Gasteiger partial charge in [-0.25, -0.2) is 4.79 Å². The zero-order valence-electron chi connectivity index (χ0n) is 17.9. The molecule has 33 heavy (non-hydrogen) atoms. The average Bonchev–Trinajstić information content (AvgIpc) is 2.72. The minimum Gasteiger partial charge on any atom is -0.493 e. The first kappa shape index (κ1) is 26.3. The van der Waals surface area contributed by atoms with Gasteiger partial charge in [0.2, 0.25) is 0 Å². The molecule has 0 bridgehead atoms.